The Morgan fingerprint density at radius 3 is 2.56 bits per heavy atom. The lowest BCUT2D eigenvalue weighted by molar-refractivity contribution is -0.135. The number of benzene rings is 1. The third-order valence-corrected chi connectivity index (χ3v) is 2.61. The van der Waals surface area contributed by atoms with Crippen LogP contribution in [0.1, 0.15) is 24.8 Å². The van der Waals surface area contributed by atoms with Gasteiger partial charge in [0.15, 0.2) is 0 Å². The van der Waals surface area contributed by atoms with Gasteiger partial charge in [0.1, 0.15) is 0 Å². The Labute approximate surface area is 108 Å². The highest BCUT2D eigenvalue weighted by Crippen LogP contribution is 2.24. The molecule has 0 radical (unpaired) electrons. The van der Waals surface area contributed by atoms with Gasteiger partial charge in [-0.1, -0.05) is 11.6 Å². The minimum Gasteiger partial charge on any atom is -0.384 e. The molecule has 0 aliphatic heterocycles. The van der Waals surface area contributed by atoms with Crippen LogP contribution < -0.4 is 5.32 Å². The number of hydrogen-bond donors (Lipinski definition) is 1. The maximum Gasteiger partial charge on any atom is 0.389 e. The van der Waals surface area contributed by atoms with Crippen LogP contribution in [-0.4, -0.2) is 12.7 Å². The fraction of sp³-hybridized carbons (Fsp3) is 0.417. The molecule has 0 saturated carbocycles. The highest BCUT2D eigenvalue weighted by Gasteiger charge is 2.25. The minimum absolute atomic E-state index is 0.0877. The van der Waals surface area contributed by atoms with Crippen LogP contribution in [0.5, 0.6) is 0 Å². The number of rotatable bonds is 5. The topological polar surface area (TPSA) is 35.8 Å². The molecule has 0 spiro atoms. The van der Waals surface area contributed by atoms with E-state index in [0.717, 1.165) is 0 Å². The summed E-state index contributed by atoms with van der Waals surface area (Å²) in [4.78, 5) is 0. The zero-order valence-electron chi connectivity index (χ0n) is 9.52. The van der Waals surface area contributed by atoms with Crippen LogP contribution in [-0.2, 0) is 0 Å². The van der Waals surface area contributed by atoms with Crippen LogP contribution >= 0.6 is 11.6 Å². The standard InChI is InChI=1S/C12H12ClF3N2/c13-10-7-9(8-17)3-4-11(10)18-6-2-1-5-12(14,15)16/h3-4,7,18H,1-2,5-6H2. The van der Waals surface area contributed by atoms with E-state index in [1.165, 1.54) is 6.07 Å². The fourth-order valence-corrected chi connectivity index (χ4v) is 1.65. The summed E-state index contributed by atoms with van der Waals surface area (Å²) in [5.74, 6) is 0. The van der Waals surface area contributed by atoms with Crippen molar-refractivity contribution in [3.63, 3.8) is 0 Å². The zero-order valence-corrected chi connectivity index (χ0v) is 10.3. The number of halogens is 4. The summed E-state index contributed by atoms with van der Waals surface area (Å²) < 4.78 is 35.6. The second-order valence-electron chi connectivity index (χ2n) is 3.81. The van der Waals surface area contributed by atoms with Crippen molar-refractivity contribution in [3.8, 4) is 6.07 Å². The summed E-state index contributed by atoms with van der Waals surface area (Å²) in [6.45, 7) is 0.418. The third-order valence-electron chi connectivity index (χ3n) is 2.30. The fourth-order valence-electron chi connectivity index (χ4n) is 1.40. The van der Waals surface area contributed by atoms with Crippen LogP contribution in [0, 0.1) is 11.3 Å². The van der Waals surface area contributed by atoms with Crippen molar-refractivity contribution < 1.29 is 13.2 Å². The van der Waals surface area contributed by atoms with Gasteiger partial charge in [-0.25, -0.2) is 0 Å². The van der Waals surface area contributed by atoms with E-state index in [1.54, 1.807) is 12.1 Å². The molecule has 6 heteroatoms. The number of alkyl halides is 3. The van der Waals surface area contributed by atoms with Gasteiger partial charge >= 0.3 is 6.18 Å². The molecule has 1 N–H and O–H groups in total. The quantitative estimate of drug-likeness (QED) is 0.811. The Bertz CT molecular complexity index is 438. The molecule has 0 amide bonds. The second-order valence-corrected chi connectivity index (χ2v) is 4.21. The molecule has 0 aromatic heterocycles. The molecule has 98 valence electrons. The Morgan fingerprint density at radius 1 is 1.28 bits per heavy atom. The molecule has 0 bridgehead atoms. The molecular weight excluding hydrogens is 265 g/mol. The van der Waals surface area contributed by atoms with E-state index in [-0.39, 0.29) is 6.42 Å². The Balaban J connectivity index is 2.34. The van der Waals surface area contributed by atoms with Gasteiger partial charge in [0.25, 0.3) is 0 Å². The molecule has 0 fully saturated rings. The first kappa shape index (κ1) is 14.7. The van der Waals surface area contributed by atoms with Crippen molar-refractivity contribution in [2.75, 3.05) is 11.9 Å². The normalized spacial score (nSPS) is 11.1. The van der Waals surface area contributed by atoms with E-state index in [2.05, 4.69) is 5.32 Å². The molecule has 0 aliphatic carbocycles. The van der Waals surface area contributed by atoms with Crippen LogP contribution in [0.4, 0.5) is 18.9 Å². The summed E-state index contributed by atoms with van der Waals surface area (Å²) >= 11 is 5.90. The van der Waals surface area contributed by atoms with Gasteiger partial charge in [-0.3, -0.25) is 0 Å². The van der Waals surface area contributed by atoms with E-state index in [0.29, 0.717) is 29.2 Å². The van der Waals surface area contributed by atoms with Crippen molar-refractivity contribution >= 4 is 17.3 Å². The maximum absolute atomic E-state index is 11.9. The number of anilines is 1. The van der Waals surface area contributed by atoms with Crippen molar-refractivity contribution in [3.05, 3.63) is 28.8 Å². The Kier molecular flexibility index (Phi) is 5.29. The van der Waals surface area contributed by atoms with Gasteiger partial charge < -0.3 is 5.32 Å². The molecule has 0 aliphatic rings. The molecule has 0 atom stereocenters. The molecule has 1 rings (SSSR count). The molecule has 2 nitrogen and oxygen atoms in total. The molecule has 18 heavy (non-hydrogen) atoms. The SMILES string of the molecule is N#Cc1ccc(NCCCCC(F)(F)F)c(Cl)c1. The molecule has 1 aromatic carbocycles. The average Bonchev–Trinajstić information content (AvgIpc) is 2.29. The number of unbranched alkanes of at least 4 members (excludes halogenated alkanes) is 1. The predicted molar refractivity (Wildman–Crippen MR) is 64.6 cm³/mol. The van der Waals surface area contributed by atoms with Gasteiger partial charge in [0.05, 0.1) is 22.3 Å². The molecular formula is C12H12ClF3N2. The molecule has 0 saturated heterocycles. The number of nitrogens with one attached hydrogen (secondary N) is 1. The summed E-state index contributed by atoms with van der Waals surface area (Å²) in [7, 11) is 0. The monoisotopic (exact) mass is 276 g/mol. The van der Waals surface area contributed by atoms with Gasteiger partial charge in [0.2, 0.25) is 0 Å². The Hall–Kier alpha value is -1.41. The lowest BCUT2D eigenvalue weighted by atomic mass is 10.2. The van der Waals surface area contributed by atoms with E-state index >= 15 is 0 Å². The molecule has 0 unspecified atom stereocenters. The lowest BCUT2D eigenvalue weighted by Crippen LogP contribution is -2.08. The third kappa shape index (κ3) is 5.28. The summed E-state index contributed by atoms with van der Waals surface area (Å²) in [6, 6.07) is 6.71. The zero-order chi connectivity index (χ0) is 13.6. The van der Waals surface area contributed by atoms with E-state index in [1.807, 2.05) is 6.07 Å². The largest absolute Gasteiger partial charge is 0.389 e. The van der Waals surface area contributed by atoms with Crippen molar-refractivity contribution in [1.29, 1.82) is 5.26 Å². The van der Waals surface area contributed by atoms with Crippen molar-refractivity contribution in [1.82, 2.24) is 0 Å². The van der Waals surface area contributed by atoms with E-state index in [9.17, 15) is 13.2 Å². The van der Waals surface area contributed by atoms with Gasteiger partial charge in [-0.05, 0) is 31.0 Å². The average molecular weight is 277 g/mol. The summed E-state index contributed by atoms with van der Waals surface area (Å²) in [5, 5.41) is 12.0. The minimum atomic E-state index is -4.09. The summed E-state index contributed by atoms with van der Waals surface area (Å²) in [6.07, 6.45) is -4.36. The highest BCUT2D eigenvalue weighted by atomic mass is 35.5. The first-order chi connectivity index (χ1) is 8.42. The number of nitrogens with zero attached hydrogens (tertiary/aromatic N) is 1. The van der Waals surface area contributed by atoms with Crippen LogP contribution in [0.15, 0.2) is 18.2 Å². The van der Waals surface area contributed by atoms with Crippen LogP contribution in [0.25, 0.3) is 0 Å². The molecule has 1 aromatic rings. The van der Waals surface area contributed by atoms with E-state index < -0.39 is 12.6 Å². The number of nitriles is 1. The smallest absolute Gasteiger partial charge is 0.384 e. The van der Waals surface area contributed by atoms with E-state index in [4.69, 9.17) is 16.9 Å². The summed E-state index contributed by atoms with van der Waals surface area (Å²) in [5.41, 5.74) is 1.07. The first-order valence-electron chi connectivity index (χ1n) is 5.42. The van der Waals surface area contributed by atoms with Crippen molar-refractivity contribution in [2.45, 2.75) is 25.4 Å². The van der Waals surface area contributed by atoms with Crippen LogP contribution in [0.3, 0.4) is 0 Å². The predicted octanol–water partition coefficient (Wildman–Crippen LogP) is 4.36. The number of hydrogen-bond acceptors (Lipinski definition) is 2. The lowest BCUT2D eigenvalue weighted by Gasteiger charge is -2.09. The van der Waals surface area contributed by atoms with Crippen LogP contribution in [0.2, 0.25) is 5.02 Å². The van der Waals surface area contributed by atoms with Crippen molar-refractivity contribution in [2.24, 2.45) is 0 Å². The first-order valence-corrected chi connectivity index (χ1v) is 5.80. The highest BCUT2D eigenvalue weighted by molar-refractivity contribution is 6.33. The molecule has 0 heterocycles. The van der Waals surface area contributed by atoms with Gasteiger partial charge in [-0.15, -0.1) is 0 Å². The maximum atomic E-state index is 11.9. The van der Waals surface area contributed by atoms with Gasteiger partial charge in [-0.2, -0.15) is 18.4 Å². The Morgan fingerprint density at radius 2 is 2.00 bits per heavy atom. The van der Waals surface area contributed by atoms with Gasteiger partial charge in [0, 0.05) is 13.0 Å². The second kappa shape index (κ2) is 6.50.